The van der Waals surface area contributed by atoms with E-state index in [0.29, 0.717) is 12.5 Å². The number of thiophene rings is 1. The highest BCUT2D eigenvalue weighted by molar-refractivity contribution is 9.11. The SMILES string of the molecule is C[C@H]1CNCCN1C(=O)Cc1ccc(Br)s1.Cl. The van der Waals surface area contributed by atoms with Crippen molar-refractivity contribution < 1.29 is 4.79 Å². The van der Waals surface area contributed by atoms with E-state index in [-0.39, 0.29) is 18.3 Å². The molecule has 1 amide bonds. The summed E-state index contributed by atoms with van der Waals surface area (Å²) in [6.45, 7) is 4.73. The fourth-order valence-electron chi connectivity index (χ4n) is 1.91. The second kappa shape index (κ2) is 6.73. The van der Waals surface area contributed by atoms with Gasteiger partial charge in [0, 0.05) is 30.6 Å². The Balaban J connectivity index is 0.00000144. The molecule has 0 bridgehead atoms. The van der Waals surface area contributed by atoms with Crippen LogP contribution in [0.2, 0.25) is 0 Å². The second-order valence-corrected chi connectivity index (χ2v) is 6.57. The van der Waals surface area contributed by atoms with E-state index in [1.165, 1.54) is 0 Å². The normalized spacial score (nSPS) is 19.9. The minimum atomic E-state index is 0. The molecule has 1 aromatic heterocycles. The third-order valence-corrected chi connectivity index (χ3v) is 4.40. The number of amides is 1. The summed E-state index contributed by atoms with van der Waals surface area (Å²) in [7, 11) is 0. The predicted octanol–water partition coefficient (Wildman–Crippen LogP) is 2.30. The minimum Gasteiger partial charge on any atom is -0.337 e. The van der Waals surface area contributed by atoms with E-state index >= 15 is 0 Å². The van der Waals surface area contributed by atoms with Gasteiger partial charge in [-0.15, -0.1) is 23.7 Å². The maximum absolute atomic E-state index is 12.1. The van der Waals surface area contributed by atoms with Crippen molar-refractivity contribution in [3.05, 3.63) is 20.8 Å². The molecule has 2 rings (SSSR count). The lowest BCUT2D eigenvalue weighted by molar-refractivity contribution is -0.133. The molecule has 0 aliphatic carbocycles. The lowest BCUT2D eigenvalue weighted by Crippen LogP contribution is -2.52. The predicted molar refractivity (Wildman–Crippen MR) is 77.0 cm³/mol. The van der Waals surface area contributed by atoms with Gasteiger partial charge in [-0.1, -0.05) is 0 Å². The Morgan fingerprint density at radius 3 is 3.00 bits per heavy atom. The van der Waals surface area contributed by atoms with Crippen LogP contribution in [-0.4, -0.2) is 36.5 Å². The van der Waals surface area contributed by atoms with Gasteiger partial charge in [-0.05, 0) is 35.0 Å². The third kappa shape index (κ3) is 3.95. The van der Waals surface area contributed by atoms with Crippen molar-refractivity contribution in [3.8, 4) is 0 Å². The van der Waals surface area contributed by atoms with Gasteiger partial charge in [-0.25, -0.2) is 0 Å². The first-order valence-corrected chi connectivity index (χ1v) is 7.02. The number of nitrogens with zero attached hydrogens (tertiary/aromatic N) is 1. The molecule has 1 fully saturated rings. The van der Waals surface area contributed by atoms with Crippen LogP contribution >= 0.6 is 39.7 Å². The van der Waals surface area contributed by atoms with Crippen molar-refractivity contribution in [2.45, 2.75) is 19.4 Å². The van der Waals surface area contributed by atoms with Gasteiger partial charge in [-0.2, -0.15) is 0 Å². The zero-order chi connectivity index (χ0) is 11.5. The van der Waals surface area contributed by atoms with Gasteiger partial charge >= 0.3 is 0 Å². The van der Waals surface area contributed by atoms with Gasteiger partial charge in [0.1, 0.15) is 0 Å². The highest BCUT2D eigenvalue weighted by atomic mass is 79.9. The quantitative estimate of drug-likeness (QED) is 0.896. The Morgan fingerprint density at radius 2 is 2.41 bits per heavy atom. The molecule has 96 valence electrons. The monoisotopic (exact) mass is 338 g/mol. The molecule has 6 heteroatoms. The largest absolute Gasteiger partial charge is 0.337 e. The fourth-order valence-corrected chi connectivity index (χ4v) is 3.38. The summed E-state index contributed by atoms with van der Waals surface area (Å²) in [4.78, 5) is 15.2. The number of hydrogen-bond acceptors (Lipinski definition) is 3. The van der Waals surface area contributed by atoms with Crippen LogP contribution in [-0.2, 0) is 11.2 Å². The Labute approximate surface area is 120 Å². The number of piperazine rings is 1. The molecule has 1 atom stereocenters. The van der Waals surface area contributed by atoms with Crippen molar-refractivity contribution in [2.75, 3.05) is 19.6 Å². The van der Waals surface area contributed by atoms with Gasteiger partial charge in [0.15, 0.2) is 0 Å². The molecule has 0 radical (unpaired) electrons. The van der Waals surface area contributed by atoms with Gasteiger partial charge in [-0.3, -0.25) is 4.79 Å². The maximum Gasteiger partial charge on any atom is 0.228 e. The number of carbonyl (C=O) groups is 1. The lowest BCUT2D eigenvalue weighted by atomic mass is 10.2. The fraction of sp³-hybridized carbons (Fsp3) is 0.545. The summed E-state index contributed by atoms with van der Waals surface area (Å²) in [5.74, 6) is 0.239. The Hall–Kier alpha value is -0.100. The molecule has 2 heterocycles. The van der Waals surface area contributed by atoms with E-state index in [2.05, 4.69) is 28.2 Å². The Morgan fingerprint density at radius 1 is 1.65 bits per heavy atom. The average molecular weight is 340 g/mol. The highest BCUT2D eigenvalue weighted by Crippen LogP contribution is 2.23. The van der Waals surface area contributed by atoms with Crippen LogP contribution < -0.4 is 5.32 Å². The molecule has 0 unspecified atom stereocenters. The van der Waals surface area contributed by atoms with Gasteiger partial charge < -0.3 is 10.2 Å². The molecule has 1 N–H and O–H groups in total. The molecule has 17 heavy (non-hydrogen) atoms. The van der Waals surface area contributed by atoms with E-state index in [1.54, 1.807) is 11.3 Å². The van der Waals surface area contributed by atoms with Crippen LogP contribution in [0.5, 0.6) is 0 Å². The van der Waals surface area contributed by atoms with Crippen LogP contribution in [0.15, 0.2) is 15.9 Å². The van der Waals surface area contributed by atoms with E-state index < -0.39 is 0 Å². The summed E-state index contributed by atoms with van der Waals surface area (Å²) < 4.78 is 1.09. The van der Waals surface area contributed by atoms with E-state index in [1.807, 2.05) is 17.0 Å². The molecule has 1 aliphatic heterocycles. The summed E-state index contributed by atoms with van der Waals surface area (Å²) in [6.07, 6.45) is 0.528. The third-order valence-electron chi connectivity index (χ3n) is 2.78. The number of halogens is 2. The van der Waals surface area contributed by atoms with Crippen LogP contribution in [0.25, 0.3) is 0 Å². The molecular weight excluding hydrogens is 324 g/mol. The molecule has 0 spiro atoms. The molecular formula is C11H16BrClN2OS. The smallest absolute Gasteiger partial charge is 0.228 e. The van der Waals surface area contributed by atoms with Crippen molar-refractivity contribution in [1.29, 1.82) is 0 Å². The van der Waals surface area contributed by atoms with E-state index in [0.717, 1.165) is 28.3 Å². The maximum atomic E-state index is 12.1. The summed E-state index contributed by atoms with van der Waals surface area (Å²) >= 11 is 5.05. The standard InChI is InChI=1S/C11H15BrN2OS.ClH/c1-8-7-13-4-5-14(8)11(15)6-9-2-3-10(12)16-9;/h2-3,8,13H,4-7H2,1H3;1H/t8-;/m0./s1. The van der Waals surface area contributed by atoms with Crippen molar-refractivity contribution in [3.63, 3.8) is 0 Å². The van der Waals surface area contributed by atoms with Gasteiger partial charge in [0.05, 0.1) is 10.2 Å². The number of carbonyl (C=O) groups excluding carboxylic acids is 1. The molecule has 3 nitrogen and oxygen atoms in total. The zero-order valence-electron chi connectivity index (χ0n) is 9.61. The Kier molecular flexibility index (Phi) is 5.92. The topological polar surface area (TPSA) is 32.3 Å². The first kappa shape index (κ1) is 15.0. The van der Waals surface area contributed by atoms with Crippen LogP contribution in [0, 0.1) is 0 Å². The van der Waals surface area contributed by atoms with E-state index in [9.17, 15) is 4.79 Å². The lowest BCUT2D eigenvalue weighted by Gasteiger charge is -2.34. The molecule has 0 aromatic carbocycles. The van der Waals surface area contributed by atoms with E-state index in [4.69, 9.17) is 0 Å². The van der Waals surface area contributed by atoms with Crippen molar-refractivity contribution in [1.82, 2.24) is 10.2 Å². The zero-order valence-corrected chi connectivity index (χ0v) is 12.8. The van der Waals surface area contributed by atoms with Crippen molar-refractivity contribution in [2.24, 2.45) is 0 Å². The molecule has 1 saturated heterocycles. The number of rotatable bonds is 2. The first-order valence-electron chi connectivity index (χ1n) is 5.41. The second-order valence-electron chi connectivity index (χ2n) is 4.02. The molecule has 1 aliphatic rings. The van der Waals surface area contributed by atoms with Gasteiger partial charge in [0.25, 0.3) is 0 Å². The van der Waals surface area contributed by atoms with Crippen molar-refractivity contribution >= 4 is 45.6 Å². The van der Waals surface area contributed by atoms with Crippen LogP contribution in [0.4, 0.5) is 0 Å². The summed E-state index contributed by atoms with van der Waals surface area (Å²) in [5.41, 5.74) is 0. The minimum absolute atomic E-state index is 0. The summed E-state index contributed by atoms with van der Waals surface area (Å²) in [5, 5.41) is 3.29. The number of nitrogens with one attached hydrogen (secondary N) is 1. The first-order chi connectivity index (χ1) is 7.66. The average Bonchev–Trinajstić information content (AvgIpc) is 2.64. The molecule has 0 saturated carbocycles. The number of hydrogen-bond donors (Lipinski definition) is 1. The van der Waals surface area contributed by atoms with Crippen LogP contribution in [0.3, 0.4) is 0 Å². The van der Waals surface area contributed by atoms with Gasteiger partial charge in [0.2, 0.25) is 5.91 Å². The molecule has 1 aromatic rings. The van der Waals surface area contributed by atoms with Crippen LogP contribution in [0.1, 0.15) is 11.8 Å². The summed E-state index contributed by atoms with van der Waals surface area (Å²) in [6, 6.07) is 4.32. The Bertz CT molecular complexity index is 385. The highest BCUT2D eigenvalue weighted by Gasteiger charge is 2.23.